The van der Waals surface area contributed by atoms with Crippen molar-refractivity contribution in [2.75, 3.05) is 18.8 Å². The highest BCUT2D eigenvalue weighted by Gasteiger charge is 2.06. The molecule has 0 unspecified atom stereocenters. The molecule has 0 saturated heterocycles. The Kier molecular flexibility index (Phi) is 6.28. The molecule has 7 nitrogen and oxygen atoms in total. The lowest BCUT2D eigenvalue weighted by atomic mass is 10.3. The Morgan fingerprint density at radius 1 is 1.20 bits per heavy atom. The Morgan fingerprint density at radius 3 is 2.60 bits per heavy atom. The number of hydrogen-bond acceptors (Lipinski definition) is 4. The number of rotatable bonds is 7. The minimum Gasteiger partial charge on any atom is -0.398 e. The molecular formula is C13H20N4O3. The van der Waals surface area contributed by atoms with Gasteiger partial charge in [-0.25, -0.2) is 0 Å². The van der Waals surface area contributed by atoms with E-state index in [0.717, 1.165) is 6.42 Å². The van der Waals surface area contributed by atoms with Crippen LogP contribution in [0.2, 0.25) is 0 Å². The Bertz CT molecular complexity index is 525. The van der Waals surface area contributed by atoms with E-state index in [1.807, 2.05) is 6.92 Å². The first-order chi connectivity index (χ1) is 9.52. The van der Waals surface area contributed by atoms with Crippen molar-refractivity contribution in [3.05, 3.63) is 28.7 Å². The molecule has 20 heavy (non-hydrogen) atoms. The van der Waals surface area contributed by atoms with Crippen LogP contribution in [0.15, 0.2) is 23.1 Å². The van der Waals surface area contributed by atoms with E-state index in [4.69, 9.17) is 5.73 Å². The van der Waals surface area contributed by atoms with Gasteiger partial charge in [-0.15, -0.1) is 0 Å². The fraction of sp³-hybridized carbons (Fsp3) is 0.462. The van der Waals surface area contributed by atoms with Crippen LogP contribution in [-0.4, -0.2) is 29.5 Å². The summed E-state index contributed by atoms with van der Waals surface area (Å²) < 4.78 is 1.22. The second-order valence-electron chi connectivity index (χ2n) is 4.38. The number of anilines is 1. The van der Waals surface area contributed by atoms with E-state index in [0.29, 0.717) is 12.2 Å². The van der Waals surface area contributed by atoms with Crippen LogP contribution >= 0.6 is 0 Å². The average molecular weight is 280 g/mol. The van der Waals surface area contributed by atoms with Gasteiger partial charge in [0.2, 0.25) is 11.8 Å². The number of nitrogens with zero attached hydrogens (tertiary/aromatic N) is 1. The maximum atomic E-state index is 11.6. The molecule has 7 heteroatoms. The van der Waals surface area contributed by atoms with Gasteiger partial charge in [0.1, 0.15) is 6.54 Å². The highest BCUT2D eigenvalue weighted by Crippen LogP contribution is 1.95. The molecule has 0 aliphatic heterocycles. The van der Waals surface area contributed by atoms with Gasteiger partial charge in [0, 0.05) is 37.5 Å². The number of carbonyl (C=O) groups is 2. The first kappa shape index (κ1) is 15.7. The van der Waals surface area contributed by atoms with E-state index in [2.05, 4.69) is 10.6 Å². The molecule has 0 atom stereocenters. The van der Waals surface area contributed by atoms with Gasteiger partial charge in [-0.1, -0.05) is 6.92 Å². The Morgan fingerprint density at radius 2 is 1.90 bits per heavy atom. The molecule has 110 valence electrons. The zero-order valence-electron chi connectivity index (χ0n) is 11.5. The van der Waals surface area contributed by atoms with Crippen molar-refractivity contribution in [2.45, 2.75) is 26.3 Å². The third-order valence-electron chi connectivity index (χ3n) is 2.57. The maximum Gasteiger partial charge on any atom is 0.251 e. The van der Waals surface area contributed by atoms with Crippen LogP contribution in [0, 0.1) is 0 Å². The molecule has 0 aliphatic rings. The summed E-state index contributed by atoms with van der Waals surface area (Å²) in [6.07, 6.45) is 2.50. The number of nitrogens with one attached hydrogen (secondary N) is 2. The summed E-state index contributed by atoms with van der Waals surface area (Å²) in [6.45, 7) is 2.72. The van der Waals surface area contributed by atoms with Gasteiger partial charge in [0.15, 0.2) is 0 Å². The fourth-order valence-corrected chi connectivity index (χ4v) is 1.55. The first-order valence-electron chi connectivity index (χ1n) is 6.52. The van der Waals surface area contributed by atoms with E-state index in [-0.39, 0.29) is 36.9 Å². The lowest BCUT2D eigenvalue weighted by Gasteiger charge is -2.08. The van der Waals surface area contributed by atoms with Crippen molar-refractivity contribution in [3.63, 3.8) is 0 Å². The van der Waals surface area contributed by atoms with E-state index in [1.54, 1.807) is 0 Å². The molecule has 1 heterocycles. The quantitative estimate of drug-likeness (QED) is 0.623. The predicted octanol–water partition coefficient (Wildman–Crippen LogP) is -0.537. The van der Waals surface area contributed by atoms with Crippen molar-refractivity contribution in [1.82, 2.24) is 15.2 Å². The van der Waals surface area contributed by atoms with E-state index in [1.165, 1.54) is 22.9 Å². The first-order valence-corrected chi connectivity index (χ1v) is 6.52. The summed E-state index contributed by atoms with van der Waals surface area (Å²) >= 11 is 0. The molecule has 0 fully saturated rings. The molecule has 4 N–H and O–H groups in total. The average Bonchev–Trinajstić information content (AvgIpc) is 2.40. The zero-order chi connectivity index (χ0) is 15.0. The van der Waals surface area contributed by atoms with Crippen LogP contribution in [0.3, 0.4) is 0 Å². The van der Waals surface area contributed by atoms with Crippen molar-refractivity contribution in [1.29, 1.82) is 0 Å². The topological polar surface area (TPSA) is 106 Å². The van der Waals surface area contributed by atoms with Crippen molar-refractivity contribution in [3.8, 4) is 0 Å². The van der Waals surface area contributed by atoms with Crippen molar-refractivity contribution in [2.24, 2.45) is 0 Å². The molecule has 0 aliphatic carbocycles. The molecule has 0 spiro atoms. The molecule has 1 aromatic heterocycles. The Labute approximate surface area is 117 Å². The second kappa shape index (κ2) is 7.98. The summed E-state index contributed by atoms with van der Waals surface area (Å²) in [5.41, 5.74) is 5.66. The minimum atomic E-state index is -0.332. The molecule has 0 aromatic carbocycles. The van der Waals surface area contributed by atoms with E-state index < -0.39 is 0 Å². The molecule has 0 radical (unpaired) electrons. The standard InChI is InChI=1S/C13H20N4O3/c1-2-6-15-11(18)5-7-16-12(19)9-17-8-10(14)3-4-13(17)20/h3-4,8H,2,5-7,9,14H2,1H3,(H,15,18)(H,16,19). The van der Waals surface area contributed by atoms with Gasteiger partial charge in [0.05, 0.1) is 0 Å². The van der Waals surface area contributed by atoms with Crippen LogP contribution in [0.5, 0.6) is 0 Å². The summed E-state index contributed by atoms with van der Waals surface area (Å²) in [5, 5.41) is 5.30. The normalized spacial score (nSPS) is 10.1. The Hall–Kier alpha value is -2.31. The predicted molar refractivity (Wildman–Crippen MR) is 76.0 cm³/mol. The number of pyridine rings is 1. The van der Waals surface area contributed by atoms with Gasteiger partial charge in [-0.05, 0) is 12.5 Å². The number of aromatic nitrogens is 1. The molecule has 1 aromatic rings. The van der Waals surface area contributed by atoms with Crippen LogP contribution in [0.1, 0.15) is 19.8 Å². The largest absolute Gasteiger partial charge is 0.398 e. The van der Waals surface area contributed by atoms with Crippen molar-refractivity contribution >= 4 is 17.5 Å². The molecule has 0 saturated carbocycles. The molecule has 0 bridgehead atoms. The van der Waals surface area contributed by atoms with E-state index >= 15 is 0 Å². The van der Waals surface area contributed by atoms with Gasteiger partial charge in [-0.3, -0.25) is 14.4 Å². The zero-order valence-corrected chi connectivity index (χ0v) is 11.5. The van der Waals surface area contributed by atoms with E-state index in [9.17, 15) is 14.4 Å². The van der Waals surface area contributed by atoms with Crippen LogP contribution in [0.25, 0.3) is 0 Å². The molecule has 1 rings (SSSR count). The summed E-state index contributed by atoms with van der Waals surface area (Å²) in [7, 11) is 0. The summed E-state index contributed by atoms with van der Waals surface area (Å²) in [5.74, 6) is -0.436. The number of amides is 2. The third-order valence-corrected chi connectivity index (χ3v) is 2.57. The second-order valence-corrected chi connectivity index (χ2v) is 4.38. The monoisotopic (exact) mass is 280 g/mol. The lowest BCUT2D eigenvalue weighted by molar-refractivity contribution is -0.122. The van der Waals surface area contributed by atoms with Crippen molar-refractivity contribution < 1.29 is 9.59 Å². The van der Waals surface area contributed by atoms with Gasteiger partial charge < -0.3 is 20.9 Å². The number of hydrogen-bond donors (Lipinski definition) is 3. The van der Waals surface area contributed by atoms with Gasteiger partial charge in [0.25, 0.3) is 5.56 Å². The Balaban J connectivity index is 2.35. The molecule has 2 amide bonds. The summed E-state index contributed by atoms with van der Waals surface area (Å²) in [4.78, 5) is 34.4. The fourth-order valence-electron chi connectivity index (χ4n) is 1.55. The number of nitrogens with two attached hydrogens (primary N) is 1. The highest BCUT2D eigenvalue weighted by molar-refractivity contribution is 5.78. The highest BCUT2D eigenvalue weighted by atomic mass is 16.2. The van der Waals surface area contributed by atoms with Gasteiger partial charge >= 0.3 is 0 Å². The van der Waals surface area contributed by atoms with Gasteiger partial charge in [-0.2, -0.15) is 0 Å². The number of nitrogen functional groups attached to an aromatic ring is 1. The SMILES string of the molecule is CCCNC(=O)CCNC(=O)Cn1cc(N)ccc1=O. The smallest absolute Gasteiger partial charge is 0.251 e. The van der Waals surface area contributed by atoms with Crippen LogP contribution in [-0.2, 0) is 16.1 Å². The number of carbonyl (C=O) groups excluding carboxylic acids is 2. The third kappa shape index (κ3) is 5.55. The van der Waals surface area contributed by atoms with Crippen LogP contribution in [0.4, 0.5) is 5.69 Å². The maximum absolute atomic E-state index is 11.6. The van der Waals surface area contributed by atoms with Crippen LogP contribution < -0.4 is 21.9 Å². The minimum absolute atomic E-state index is 0.103. The summed E-state index contributed by atoms with van der Waals surface area (Å²) in [6, 6.07) is 2.79. The lowest BCUT2D eigenvalue weighted by Crippen LogP contribution is -2.34. The molecular weight excluding hydrogens is 260 g/mol.